The molecule has 0 spiro atoms. The quantitative estimate of drug-likeness (QED) is 0.715. The average Bonchev–Trinajstić information content (AvgIpc) is 2.82. The molecule has 3 rings (SSSR count). The monoisotopic (exact) mass is 252 g/mol. The normalized spacial score (nSPS) is 10.8. The number of methoxy groups -OCH3 is 1. The van der Waals surface area contributed by atoms with Gasteiger partial charge in [0.05, 0.1) is 18.8 Å². The second-order valence-corrected chi connectivity index (χ2v) is 4.70. The van der Waals surface area contributed by atoms with Crippen molar-refractivity contribution in [2.45, 2.75) is 13.3 Å². The summed E-state index contributed by atoms with van der Waals surface area (Å²) >= 11 is 0. The van der Waals surface area contributed by atoms with E-state index in [4.69, 9.17) is 4.74 Å². The summed E-state index contributed by atoms with van der Waals surface area (Å²) in [7, 11) is 1.68. The molecule has 0 aliphatic carbocycles. The molecule has 0 unspecified atom stereocenters. The Kier molecular flexibility index (Phi) is 2.95. The zero-order chi connectivity index (χ0) is 13.2. The fraction of sp³-hybridized carbons (Fsp3) is 0.188. The zero-order valence-corrected chi connectivity index (χ0v) is 11.1. The molecule has 0 bridgehead atoms. The van der Waals surface area contributed by atoms with E-state index in [-0.39, 0.29) is 0 Å². The van der Waals surface area contributed by atoms with Gasteiger partial charge in [0.1, 0.15) is 11.6 Å². The van der Waals surface area contributed by atoms with Gasteiger partial charge in [0.15, 0.2) is 0 Å². The van der Waals surface area contributed by atoms with Crippen LogP contribution in [0, 0.1) is 6.92 Å². The molecule has 0 N–H and O–H groups in total. The van der Waals surface area contributed by atoms with Gasteiger partial charge in [-0.05, 0) is 36.2 Å². The van der Waals surface area contributed by atoms with E-state index in [2.05, 4.69) is 46.8 Å². The molecule has 2 heterocycles. The number of ether oxygens (including phenoxy) is 1. The summed E-state index contributed by atoms with van der Waals surface area (Å²) in [5, 5.41) is 0. The van der Waals surface area contributed by atoms with Crippen LogP contribution >= 0.6 is 0 Å². The van der Waals surface area contributed by atoms with Crippen LogP contribution in [0.1, 0.15) is 17.0 Å². The van der Waals surface area contributed by atoms with Crippen LogP contribution in [0.4, 0.5) is 0 Å². The van der Waals surface area contributed by atoms with E-state index in [1.165, 1.54) is 11.1 Å². The van der Waals surface area contributed by atoms with Gasteiger partial charge in [-0.1, -0.05) is 18.2 Å². The van der Waals surface area contributed by atoms with Gasteiger partial charge >= 0.3 is 0 Å². The van der Waals surface area contributed by atoms with Gasteiger partial charge in [-0.3, -0.25) is 0 Å². The third-order valence-corrected chi connectivity index (χ3v) is 3.27. The summed E-state index contributed by atoms with van der Waals surface area (Å²) in [6, 6.07) is 12.3. The van der Waals surface area contributed by atoms with Gasteiger partial charge in [0.25, 0.3) is 0 Å². The van der Waals surface area contributed by atoms with E-state index in [1.807, 2.05) is 18.3 Å². The Hall–Kier alpha value is -2.29. The highest BCUT2D eigenvalue weighted by molar-refractivity contribution is 5.47. The van der Waals surface area contributed by atoms with E-state index in [9.17, 15) is 0 Å². The number of benzene rings is 1. The first-order valence-electron chi connectivity index (χ1n) is 6.32. The van der Waals surface area contributed by atoms with E-state index in [1.54, 1.807) is 7.11 Å². The minimum atomic E-state index is 0.821. The Morgan fingerprint density at radius 1 is 1.11 bits per heavy atom. The highest BCUT2D eigenvalue weighted by Crippen LogP contribution is 2.16. The first-order chi connectivity index (χ1) is 9.26. The second-order valence-electron chi connectivity index (χ2n) is 4.70. The second kappa shape index (κ2) is 4.76. The van der Waals surface area contributed by atoms with Crippen LogP contribution in [0.5, 0.6) is 5.75 Å². The van der Waals surface area contributed by atoms with Gasteiger partial charge in [-0.2, -0.15) is 0 Å². The molecule has 0 fully saturated rings. The number of rotatable bonds is 3. The minimum Gasteiger partial charge on any atom is -0.497 e. The third kappa shape index (κ3) is 2.32. The van der Waals surface area contributed by atoms with Crippen LogP contribution in [0.25, 0.3) is 5.52 Å². The molecule has 0 atom stereocenters. The van der Waals surface area contributed by atoms with Crippen molar-refractivity contribution >= 4 is 5.52 Å². The fourth-order valence-corrected chi connectivity index (χ4v) is 2.21. The standard InChI is InChI=1S/C16H16N2O/c1-12-3-6-14-10-17-16(18(14)11-12)9-13-4-7-15(19-2)8-5-13/h3-8,10-11H,9H2,1-2H3. The SMILES string of the molecule is COc1ccc(Cc2ncc3ccc(C)cn23)cc1. The van der Waals surface area contributed by atoms with E-state index >= 15 is 0 Å². The Labute approximate surface area is 112 Å². The molecule has 2 aromatic heterocycles. The molecule has 96 valence electrons. The van der Waals surface area contributed by atoms with Crippen molar-refractivity contribution in [3.8, 4) is 5.75 Å². The first-order valence-corrected chi connectivity index (χ1v) is 6.32. The maximum atomic E-state index is 5.17. The molecule has 3 aromatic rings. The fourth-order valence-electron chi connectivity index (χ4n) is 2.21. The maximum absolute atomic E-state index is 5.17. The number of fused-ring (bicyclic) bond motifs is 1. The number of hydrogen-bond acceptors (Lipinski definition) is 2. The molecule has 3 heteroatoms. The molecule has 0 aliphatic rings. The van der Waals surface area contributed by atoms with Crippen molar-refractivity contribution in [2.75, 3.05) is 7.11 Å². The van der Waals surface area contributed by atoms with Crippen molar-refractivity contribution < 1.29 is 4.74 Å². The molecule has 0 saturated heterocycles. The molecule has 19 heavy (non-hydrogen) atoms. The smallest absolute Gasteiger partial charge is 0.118 e. The zero-order valence-electron chi connectivity index (χ0n) is 11.1. The number of nitrogens with zero attached hydrogens (tertiary/aromatic N) is 2. The van der Waals surface area contributed by atoms with Crippen LogP contribution in [0.3, 0.4) is 0 Å². The maximum Gasteiger partial charge on any atom is 0.118 e. The lowest BCUT2D eigenvalue weighted by molar-refractivity contribution is 0.414. The molecule has 3 nitrogen and oxygen atoms in total. The van der Waals surface area contributed by atoms with Crippen molar-refractivity contribution in [2.24, 2.45) is 0 Å². The van der Waals surface area contributed by atoms with Crippen molar-refractivity contribution in [1.29, 1.82) is 0 Å². The lowest BCUT2D eigenvalue weighted by Gasteiger charge is -2.04. The lowest BCUT2D eigenvalue weighted by atomic mass is 10.1. The van der Waals surface area contributed by atoms with Gasteiger partial charge in [-0.15, -0.1) is 0 Å². The summed E-state index contributed by atoms with van der Waals surface area (Å²) in [5.41, 5.74) is 3.60. The van der Waals surface area contributed by atoms with Gasteiger partial charge in [0, 0.05) is 12.6 Å². The number of imidazole rings is 1. The molecule has 1 aromatic carbocycles. The molecular weight excluding hydrogens is 236 g/mol. The largest absolute Gasteiger partial charge is 0.497 e. The van der Waals surface area contributed by atoms with Crippen molar-refractivity contribution in [1.82, 2.24) is 9.38 Å². The Morgan fingerprint density at radius 3 is 2.63 bits per heavy atom. The molecular formula is C16H16N2O. The van der Waals surface area contributed by atoms with Crippen LogP contribution in [-0.2, 0) is 6.42 Å². The number of aryl methyl sites for hydroxylation is 1. The van der Waals surface area contributed by atoms with Crippen LogP contribution in [0.15, 0.2) is 48.8 Å². The summed E-state index contributed by atoms with van der Waals surface area (Å²) in [6.45, 7) is 2.09. The summed E-state index contributed by atoms with van der Waals surface area (Å²) in [4.78, 5) is 4.51. The predicted molar refractivity (Wildman–Crippen MR) is 75.7 cm³/mol. The van der Waals surface area contributed by atoms with Crippen LogP contribution < -0.4 is 4.74 Å². The number of hydrogen-bond donors (Lipinski definition) is 0. The lowest BCUT2D eigenvalue weighted by Crippen LogP contribution is -1.97. The Morgan fingerprint density at radius 2 is 1.89 bits per heavy atom. The van der Waals surface area contributed by atoms with Crippen molar-refractivity contribution in [3.05, 3.63) is 65.7 Å². The van der Waals surface area contributed by atoms with Gasteiger partial charge < -0.3 is 9.14 Å². The third-order valence-electron chi connectivity index (χ3n) is 3.27. The highest BCUT2D eigenvalue weighted by atomic mass is 16.5. The van der Waals surface area contributed by atoms with Gasteiger partial charge in [0.2, 0.25) is 0 Å². The minimum absolute atomic E-state index is 0.821. The van der Waals surface area contributed by atoms with Crippen molar-refractivity contribution in [3.63, 3.8) is 0 Å². The van der Waals surface area contributed by atoms with E-state index in [0.29, 0.717) is 0 Å². The van der Waals surface area contributed by atoms with Crippen LogP contribution in [-0.4, -0.2) is 16.5 Å². The number of aromatic nitrogens is 2. The summed E-state index contributed by atoms with van der Waals surface area (Å²) in [5.74, 6) is 1.94. The molecule has 0 saturated carbocycles. The first kappa shape index (κ1) is 11.8. The summed E-state index contributed by atoms with van der Waals surface area (Å²) in [6.07, 6.45) is 4.86. The predicted octanol–water partition coefficient (Wildman–Crippen LogP) is 3.24. The Bertz CT molecular complexity index is 698. The van der Waals surface area contributed by atoms with Gasteiger partial charge in [-0.25, -0.2) is 4.98 Å². The highest BCUT2D eigenvalue weighted by Gasteiger charge is 2.05. The average molecular weight is 252 g/mol. The van der Waals surface area contributed by atoms with Crippen LogP contribution in [0.2, 0.25) is 0 Å². The van der Waals surface area contributed by atoms with E-state index in [0.717, 1.165) is 23.5 Å². The summed E-state index contributed by atoms with van der Waals surface area (Å²) < 4.78 is 7.32. The Balaban J connectivity index is 1.93. The molecule has 0 aliphatic heterocycles. The molecule has 0 radical (unpaired) electrons. The number of pyridine rings is 1. The molecule has 0 amide bonds. The topological polar surface area (TPSA) is 26.5 Å². The van der Waals surface area contributed by atoms with E-state index < -0.39 is 0 Å².